The van der Waals surface area contributed by atoms with Gasteiger partial charge in [0.05, 0.1) is 18.7 Å². The van der Waals surface area contributed by atoms with Crippen molar-refractivity contribution in [2.45, 2.75) is 26.0 Å². The lowest BCUT2D eigenvalue weighted by Crippen LogP contribution is -2.41. The summed E-state index contributed by atoms with van der Waals surface area (Å²) in [6.45, 7) is 2.11. The number of nitrogens with zero attached hydrogens (tertiary/aromatic N) is 1. The number of rotatable bonds is 3. The molecule has 0 aromatic heterocycles. The van der Waals surface area contributed by atoms with E-state index in [2.05, 4.69) is 12.3 Å². The molecule has 2 atom stereocenters. The van der Waals surface area contributed by atoms with Crippen LogP contribution in [0.3, 0.4) is 0 Å². The van der Waals surface area contributed by atoms with Crippen LogP contribution in [0.1, 0.15) is 18.1 Å². The number of carbonyl (C=O) groups is 1. The second-order valence-corrected chi connectivity index (χ2v) is 6.15. The number of anilines is 1. The summed E-state index contributed by atoms with van der Waals surface area (Å²) in [7, 11) is 1.63. The highest BCUT2D eigenvalue weighted by Crippen LogP contribution is 2.37. The summed E-state index contributed by atoms with van der Waals surface area (Å²) in [4.78, 5) is 12.8. The minimum Gasteiger partial charge on any atom is -0.497 e. The van der Waals surface area contributed by atoms with Crippen LogP contribution in [0.5, 0.6) is 11.5 Å². The van der Waals surface area contributed by atoms with Crippen LogP contribution in [0.25, 0.3) is 0 Å². The van der Waals surface area contributed by atoms with Crippen LogP contribution in [-0.4, -0.2) is 19.2 Å². The summed E-state index contributed by atoms with van der Waals surface area (Å²) >= 11 is 0. The summed E-state index contributed by atoms with van der Waals surface area (Å²) < 4.78 is 11.3. The molecule has 1 N–H and O–H groups in total. The van der Waals surface area contributed by atoms with Gasteiger partial charge >= 0.3 is 0 Å². The lowest BCUT2D eigenvalue weighted by Gasteiger charge is -2.26. The topological polar surface area (TPSA) is 50.8 Å². The van der Waals surface area contributed by atoms with Gasteiger partial charge in [-0.2, -0.15) is 5.43 Å². The fourth-order valence-corrected chi connectivity index (χ4v) is 3.28. The Labute approximate surface area is 141 Å². The van der Waals surface area contributed by atoms with E-state index in [9.17, 15) is 4.79 Å². The van der Waals surface area contributed by atoms with Crippen molar-refractivity contribution in [1.29, 1.82) is 0 Å². The molecule has 2 aromatic rings. The normalized spacial score (nSPS) is 21.9. The van der Waals surface area contributed by atoms with E-state index < -0.39 is 0 Å². The maximum Gasteiger partial charge on any atom is 0.250 e. The van der Waals surface area contributed by atoms with E-state index in [0.29, 0.717) is 6.42 Å². The average molecular weight is 324 g/mol. The van der Waals surface area contributed by atoms with Crippen LogP contribution >= 0.6 is 0 Å². The molecule has 0 radical (unpaired) electrons. The van der Waals surface area contributed by atoms with E-state index in [0.717, 1.165) is 29.2 Å². The third-order valence-electron chi connectivity index (χ3n) is 4.73. The SMILES string of the molecule is CCc1ccc(N2NC3Oc4cc(OC)ccc4CC3C2=O)cc1. The van der Waals surface area contributed by atoms with Gasteiger partial charge in [0.1, 0.15) is 11.5 Å². The highest BCUT2D eigenvalue weighted by atomic mass is 16.5. The van der Waals surface area contributed by atoms with Gasteiger partial charge in [0.25, 0.3) is 0 Å². The van der Waals surface area contributed by atoms with Crippen LogP contribution in [0, 0.1) is 5.92 Å². The number of nitrogens with one attached hydrogen (secondary N) is 1. The first kappa shape index (κ1) is 15.0. The van der Waals surface area contributed by atoms with Crippen molar-refractivity contribution in [3.8, 4) is 11.5 Å². The first-order valence-electron chi connectivity index (χ1n) is 8.22. The van der Waals surface area contributed by atoms with E-state index in [4.69, 9.17) is 9.47 Å². The third kappa shape index (κ3) is 2.41. The molecule has 1 fully saturated rings. The van der Waals surface area contributed by atoms with Crippen molar-refractivity contribution in [3.05, 3.63) is 53.6 Å². The molecule has 5 heteroatoms. The molecule has 2 aliphatic rings. The minimum absolute atomic E-state index is 0.0470. The monoisotopic (exact) mass is 324 g/mol. The molecule has 2 aliphatic heterocycles. The number of benzene rings is 2. The number of methoxy groups -OCH3 is 1. The molecular formula is C19H20N2O3. The Bertz CT molecular complexity index is 773. The van der Waals surface area contributed by atoms with Gasteiger partial charge in [-0.15, -0.1) is 0 Å². The largest absolute Gasteiger partial charge is 0.497 e. The quantitative estimate of drug-likeness (QED) is 0.943. The zero-order chi connectivity index (χ0) is 16.7. The average Bonchev–Trinajstić information content (AvgIpc) is 2.95. The molecule has 124 valence electrons. The fraction of sp³-hybridized carbons (Fsp3) is 0.316. The highest BCUT2D eigenvalue weighted by molar-refractivity contribution is 5.97. The van der Waals surface area contributed by atoms with Gasteiger partial charge in [0, 0.05) is 6.07 Å². The van der Waals surface area contributed by atoms with Crippen molar-refractivity contribution < 1.29 is 14.3 Å². The second kappa shape index (κ2) is 5.83. The number of hydrogen-bond acceptors (Lipinski definition) is 4. The highest BCUT2D eigenvalue weighted by Gasteiger charge is 2.45. The molecule has 2 unspecified atom stereocenters. The number of amides is 1. The molecular weight excluding hydrogens is 304 g/mol. The van der Waals surface area contributed by atoms with Crippen molar-refractivity contribution in [2.75, 3.05) is 12.1 Å². The molecule has 2 aromatic carbocycles. The van der Waals surface area contributed by atoms with Gasteiger partial charge in [-0.3, -0.25) is 4.79 Å². The maximum atomic E-state index is 12.8. The van der Waals surface area contributed by atoms with E-state index in [1.165, 1.54) is 5.56 Å². The Morgan fingerprint density at radius 1 is 1.25 bits per heavy atom. The van der Waals surface area contributed by atoms with Crippen molar-refractivity contribution >= 4 is 11.6 Å². The molecule has 0 saturated carbocycles. The second-order valence-electron chi connectivity index (χ2n) is 6.15. The van der Waals surface area contributed by atoms with Crippen molar-refractivity contribution in [1.82, 2.24) is 5.43 Å². The lowest BCUT2D eigenvalue weighted by atomic mass is 9.94. The zero-order valence-electron chi connectivity index (χ0n) is 13.8. The fourth-order valence-electron chi connectivity index (χ4n) is 3.28. The van der Waals surface area contributed by atoms with Crippen molar-refractivity contribution in [3.63, 3.8) is 0 Å². The van der Waals surface area contributed by atoms with Crippen LogP contribution in [-0.2, 0) is 17.6 Å². The molecule has 1 amide bonds. The molecule has 2 heterocycles. The summed E-state index contributed by atoms with van der Waals surface area (Å²) in [6, 6.07) is 13.8. The van der Waals surface area contributed by atoms with Gasteiger partial charge in [-0.25, -0.2) is 5.01 Å². The predicted molar refractivity (Wildman–Crippen MR) is 91.0 cm³/mol. The Morgan fingerprint density at radius 3 is 2.75 bits per heavy atom. The Hall–Kier alpha value is -2.53. The summed E-state index contributed by atoms with van der Waals surface area (Å²) in [6.07, 6.45) is 1.30. The van der Waals surface area contributed by atoms with Crippen LogP contribution in [0.4, 0.5) is 5.69 Å². The standard InChI is InChI=1S/C19H20N2O3/c1-3-12-4-7-14(8-5-12)21-19(22)16-10-13-6-9-15(23-2)11-17(13)24-18(16)20-21/h4-9,11,16,18,20H,3,10H2,1-2H3. The number of aryl methyl sites for hydroxylation is 1. The smallest absolute Gasteiger partial charge is 0.250 e. The summed E-state index contributed by atoms with van der Waals surface area (Å²) in [5.74, 6) is 1.37. The number of ether oxygens (including phenoxy) is 2. The molecule has 0 spiro atoms. The third-order valence-corrected chi connectivity index (χ3v) is 4.73. The molecule has 24 heavy (non-hydrogen) atoms. The van der Waals surface area contributed by atoms with Gasteiger partial charge < -0.3 is 9.47 Å². The number of hydrogen-bond donors (Lipinski definition) is 1. The zero-order valence-corrected chi connectivity index (χ0v) is 13.8. The van der Waals surface area contributed by atoms with Crippen molar-refractivity contribution in [2.24, 2.45) is 5.92 Å². The summed E-state index contributed by atoms with van der Waals surface area (Å²) in [5, 5.41) is 1.61. The lowest BCUT2D eigenvalue weighted by molar-refractivity contribution is -0.121. The number of hydrazine groups is 1. The number of fused-ring (bicyclic) bond motifs is 2. The van der Waals surface area contributed by atoms with Gasteiger partial charge in [0.2, 0.25) is 5.91 Å². The van der Waals surface area contributed by atoms with Crippen LogP contribution in [0.15, 0.2) is 42.5 Å². The Morgan fingerprint density at radius 2 is 2.04 bits per heavy atom. The number of carbonyl (C=O) groups excluding carboxylic acids is 1. The van der Waals surface area contributed by atoms with E-state index >= 15 is 0 Å². The first-order chi connectivity index (χ1) is 11.7. The van der Waals surface area contributed by atoms with E-state index in [1.807, 2.05) is 42.5 Å². The van der Waals surface area contributed by atoms with Gasteiger partial charge in [-0.1, -0.05) is 25.1 Å². The molecule has 0 bridgehead atoms. The Kier molecular flexibility index (Phi) is 3.65. The molecule has 1 saturated heterocycles. The Balaban J connectivity index is 1.59. The molecule has 5 nitrogen and oxygen atoms in total. The van der Waals surface area contributed by atoms with Crippen LogP contribution < -0.4 is 19.9 Å². The van der Waals surface area contributed by atoms with Gasteiger partial charge in [0.15, 0.2) is 6.23 Å². The predicted octanol–water partition coefficient (Wildman–Crippen LogP) is 2.69. The summed E-state index contributed by atoms with van der Waals surface area (Å²) in [5.41, 5.74) is 6.33. The van der Waals surface area contributed by atoms with E-state index in [-0.39, 0.29) is 18.1 Å². The van der Waals surface area contributed by atoms with E-state index in [1.54, 1.807) is 12.1 Å². The van der Waals surface area contributed by atoms with Crippen LogP contribution in [0.2, 0.25) is 0 Å². The molecule has 0 aliphatic carbocycles. The van der Waals surface area contributed by atoms with Gasteiger partial charge in [-0.05, 0) is 42.2 Å². The first-order valence-corrected chi connectivity index (χ1v) is 8.22. The minimum atomic E-state index is -0.344. The maximum absolute atomic E-state index is 12.8. The molecule has 4 rings (SSSR count).